The lowest BCUT2D eigenvalue weighted by Crippen LogP contribution is -2.65. The maximum absolute atomic E-state index is 12.8. The molecule has 1 aromatic heterocycles. The second kappa shape index (κ2) is 5.35. The van der Waals surface area contributed by atoms with Crippen LogP contribution in [0.2, 0.25) is 0 Å². The molecule has 0 aromatic carbocycles. The molecule has 1 aromatic rings. The van der Waals surface area contributed by atoms with Crippen molar-refractivity contribution in [3.8, 4) is 0 Å². The molecule has 0 bridgehead atoms. The van der Waals surface area contributed by atoms with Crippen LogP contribution < -0.4 is 0 Å². The normalized spacial score (nSPS) is 17.8. The van der Waals surface area contributed by atoms with Crippen LogP contribution in [0.4, 0.5) is 9.18 Å². The summed E-state index contributed by atoms with van der Waals surface area (Å²) < 4.78 is 20.7. The van der Waals surface area contributed by atoms with Crippen molar-refractivity contribution in [1.29, 1.82) is 0 Å². The number of carbonyl (C=O) groups excluding carboxylic acids is 1. The van der Waals surface area contributed by atoms with Crippen LogP contribution in [0.5, 0.6) is 0 Å². The summed E-state index contributed by atoms with van der Waals surface area (Å²) in [4.78, 5) is 13.5. The van der Waals surface area contributed by atoms with Crippen molar-refractivity contribution >= 4 is 22.0 Å². The fourth-order valence-corrected chi connectivity index (χ4v) is 2.56. The maximum atomic E-state index is 12.8. The average molecular weight is 348 g/mol. The lowest BCUT2D eigenvalue weighted by atomic mass is 9.87. The zero-order chi connectivity index (χ0) is 15.0. The summed E-state index contributed by atoms with van der Waals surface area (Å²) >= 11 is 3.33. The summed E-state index contributed by atoms with van der Waals surface area (Å²) in [5.41, 5.74) is -0.984. The van der Waals surface area contributed by atoms with Gasteiger partial charge in [0.1, 0.15) is 11.1 Å². The third-order valence-corrected chi connectivity index (χ3v) is 3.63. The summed E-state index contributed by atoms with van der Waals surface area (Å²) in [7, 11) is 0. The van der Waals surface area contributed by atoms with Crippen molar-refractivity contribution in [3.63, 3.8) is 0 Å². The summed E-state index contributed by atoms with van der Waals surface area (Å²) in [5, 5.41) is 4.22. The standard InChI is InChI=1S/C13H19BrFN3O2/c1-12(2,3)20-11(19)17-8-13(9-17,4-5-15)18-7-10(14)6-16-18/h6-7H,4-5,8-9H2,1-3H3. The van der Waals surface area contributed by atoms with Crippen LogP contribution in [0.3, 0.4) is 0 Å². The van der Waals surface area contributed by atoms with Crippen LogP contribution in [0, 0.1) is 0 Å². The van der Waals surface area contributed by atoms with E-state index in [4.69, 9.17) is 4.74 Å². The van der Waals surface area contributed by atoms with Crippen LogP contribution in [0.25, 0.3) is 0 Å². The molecule has 112 valence electrons. The minimum Gasteiger partial charge on any atom is -0.444 e. The Morgan fingerprint density at radius 3 is 2.65 bits per heavy atom. The van der Waals surface area contributed by atoms with Crippen LogP contribution in [-0.4, -0.2) is 46.1 Å². The van der Waals surface area contributed by atoms with Gasteiger partial charge in [0, 0.05) is 12.6 Å². The lowest BCUT2D eigenvalue weighted by molar-refractivity contribution is -0.0379. The van der Waals surface area contributed by atoms with Crippen molar-refractivity contribution in [2.75, 3.05) is 19.8 Å². The largest absolute Gasteiger partial charge is 0.444 e. The molecule has 2 rings (SSSR count). The molecule has 0 spiro atoms. The van der Waals surface area contributed by atoms with Crippen LogP contribution >= 0.6 is 15.9 Å². The Labute approximate surface area is 126 Å². The van der Waals surface area contributed by atoms with E-state index in [0.29, 0.717) is 19.5 Å². The van der Waals surface area contributed by atoms with Gasteiger partial charge in [0.05, 0.1) is 30.4 Å². The molecule has 0 atom stereocenters. The molecule has 1 aliphatic heterocycles. The molecule has 1 fully saturated rings. The van der Waals surface area contributed by atoms with Gasteiger partial charge in [-0.3, -0.25) is 9.07 Å². The minimum atomic E-state index is -0.524. The molecular formula is C13H19BrFN3O2. The predicted molar refractivity (Wildman–Crippen MR) is 76.3 cm³/mol. The molecule has 0 radical (unpaired) electrons. The van der Waals surface area contributed by atoms with Crippen molar-refractivity contribution in [2.24, 2.45) is 0 Å². The highest BCUT2D eigenvalue weighted by Crippen LogP contribution is 2.34. The number of ether oxygens (including phenoxy) is 1. The zero-order valence-corrected chi connectivity index (χ0v) is 13.5. The Morgan fingerprint density at radius 2 is 2.20 bits per heavy atom. The van der Waals surface area contributed by atoms with Gasteiger partial charge in [-0.2, -0.15) is 5.10 Å². The fourth-order valence-electron chi connectivity index (χ4n) is 2.27. The summed E-state index contributed by atoms with van der Waals surface area (Å²) in [6.07, 6.45) is 3.44. The molecule has 0 aliphatic carbocycles. The Balaban J connectivity index is 2.04. The Bertz CT molecular complexity index is 492. The highest BCUT2D eigenvalue weighted by Gasteiger charge is 2.48. The van der Waals surface area contributed by atoms with E-state index in [1.807, 2.05) is 27.0 Å². The third kappa shape index (κ3) is 3.13. The van der Waals surface area contributed by atoms with E-state index in [1.165, 1.54) is 0 Å². The number of alkyl halides is 1. The lowest BCUT2D eigenvalue weighted by Gasteiger charge is -2.49. The molecule has 1 amide bonds. The van der Waals surface area contributed by atoms with E-state index in [1.54, 1.807) is 15.8 Å². The van der Waals surface area contributed by atoms with Crippen molar-refractivity contribution < 1.29 is 13.9 Å². The van der Waals surface area contributed by atoms with Gasteiger partial charge in [0.15, 0.2) is 0 Å². The van der Waals surface area contributed by atoms with Gasteiger partial charge < -0.3 is 9.64 Å². The molecule has 7 heteroatoms. The molecule has 5 nitrogen and oxygen atoms in total. The Morgan fingerprint density at radius 1 is 1.55 bits per heavy atom. The SMILES string of the molecule is CC(C)(C)OC(=O)N1CC(CCF)(n2cc(Br)cn2)C1. The quantitative estimate of drug-likeness (QED) is 0.844. The monoisotopic (exact) mass is 347 g/mol. The number of halogens is 2. The molecule has 1 saturated heterocycles. The van der Waals surface area contributed by atoms with Crippen LogP contribution in [-0.2, 0) is 10.3 Å². The molecule has 1 aliphatic rings. The number of hydrogen-bond donors (Lipinski definition) is 0. The number of likely N-dealkylation sites (tertiary alicyclic amines) is 1. The number of amides is 1. The van der Waals surface area contributed by atoms with Gasteiger partial charge in [0.2, 0.25) is 0 Å². The fraction of sp³-hybridized carbons (Fsp3) is 0.692. The first-order chi connectivity index (χ1) is 9.26. The number of aromatic nitrogens is 2. The van der Waals surface area contributed by atoms with E-state index in [2.05, 4.69) is 21.0 Å². The molecule has 0 saturated carbocycles. The first kappa shape index (κ1) is 15.3. The summed E-state index contributed by atoms with van der Waals surface area (Å²) in [6.45, 7) is 5.86. The van der Waals surface area contributed by atoms with Crippen molar-refractivity contribution in [3.05, 3.63) is 16.9 Å². The number of hydrogen-bond acceptors (Lipinski definition) is 3. The van der Waals surface area contributed by atoms with Crippen LogP contribution in [0.15, 0.2) is 16.9 Å². The topological polar surface area (TPSA) is 47.4 Å². The number of carbonyl (C=O) groups is 1. The van der Waals surface area contributed by atoms with Gasteiger partial charge in [-0.1, -0.05) is 0 Å². The first-order valence-corrected chi connectivity index (χ1v) is 7.30. The van der Waals surface area contributed by atoms with Gasteiger partial charge in [-0.05, 0) is 36.7 Å². The van der Waals surface area contributed by atoms with Gasteiger partial charge >= 0.3 is 6.09 Å². The van der Waals surface area contributed by atoms with Crippen molar-refractivity contribution in [2.45, 2.75) is 38.3 Å². The van der Waals surface area contributed by atoms with Gasteiger partial charge in [0.25, 0.3) is 0 Å². The summed E-state index contributed by atoms with van der Waals surface area (Å²) in [6, 6.07) is 0. The van der Waals surface area contributed by atoms with E-state index in [0.717, 1.165) is 4.47 Å². The summed E-state index contributed by atoms with van der Waals surface area (Å²) in [5.74, 6) is 0. The molecule has 0 N–H and O–H groups in total. The second-order valence-electron chi connectivity index (χ2n) is 6.10. The maximum Gasteiger partial charge on any atom is 0.410 e. The Kier molecular flexibility index (Phi) is 4.09. The zero-order valence-electron chi connectivity index (χ0n) is 11.9. The van der Waals surface area contributed by atoms with Gasteiger partial charge in [-0.25, -0.2) is 4.79 Å². The smallest absolute Gasteiger partial charge is 0.410 e. The minimum absolute atomic E-state index is 0.334. The average Bonchev–Trinajstić information content (AvgIpc) is 2.67. The molecule has 0 unspecified atom stereocenters. The molecule has 20 heavy (non-hydrogen) atoms. The first-order valence-electron chi connectivity index (χ1n) is 6.50. The number of nitrogens with zero attached hydrogens (tertiary/aromatic N) is 3. The highest BCUT2D eigenvalue weighted by molar-refractivity contribution is 9.10. The van der Waals surface area contributed by atoms with E-state index in [-0.39, 0.29) is 6.09 Å². The van der Waals surface area contributed by atoms with E-state index in [9.17, 15) is 9.18 Å². The Hall–Kier alpha value is -1.11. The highest BCUT2D eigenvalue weighted by atomic mass is 79.9. The van der Waals surface area contributed by atoms with E-state index < -0.39 is 17.8 Å². The second-order valence-corrected chi connectivity index (χ2v) is 7.02. The third-order valence-electron chi connectivity index (χ3n) is 3.22. The molecule has 2 heterocycles. The van der Waals surface area contributed by atoms with Gasteiger partial charge in [-0.15, -0.1) is 0 Å². The predicted octanol–water partition coefficient (Wildman–Crippen LogP) is 2.95. The number of rotatable bonds is 3. The molecular weight excluding hydrogens is 329 g/mol. The van der Waals surface area contributed by atoms with Crippen LogP contribution in [0.1, 0.15) is 27.2 Å². The van der Waals surface area contributed by atoms with E-state index >= 15 is 0 Å². The van der Waals surface area contributed by atoms with Crippen molar-refractivity contribution in [1.82, 2.24) is 14.7 Å².